The summed E-state index contributed by atoms with van der Waals surface area (Å²) >= 11 is 0. The van der Waals surface area contributed by atoms with Crippen LogP contribution in [0.2, 0.25) is 0 Å². The first kappa shape index (κ1) is 7.91. The van der Waals surface area contributed by atoms with Gasteiger partial charge in [0, 0.05) is 6.20 Å². The Kier molecular flexibility index (Phi) is 1.45. The van der Waals surface area contributed by atoms with Gasteiger partial charge in [-0.05, 0) is 19.4 Å². The molecule has 0 aromatic carbocycles. The van der Waals surface area contributed by atoms with Crippen molar-refractivity contribution in [3.05, 3.63) is 28.6 Å². The molecule has 0 spiro atoms. The lowest BCUT2D eigenvalue weighted by molar-refractivity contribution is 0.0879. The summed E-state index contributed by atoms with van der Waals surface area (Å²) in [5.41, 5.74) is 2.23. The number of nitrogens with zero attached hydrogens (tertiary/aromatic N) is 1. The lowest BCUT2D eigenvalue weighted by Gasteiger charge is -2.00. The van der Waals surface area contributed by atoms with Crippen molar-refractivity contribution in [2.75, 3.05) is 0 Å². The molecule has 1 N–H and O–H groups in total. The average molecular weight is 176 g/mol. The number of hydrogen-bond acceptors (Lipinski definition) is 3. The van der Waals surface area contributed by atoms with Gasteiger partial charge >= 0.3 is 0 Å². The first-order valence-corrected chi connectivity index (χ1v) is 3.93. The van der Waals surface area contributed by atoms with Gasteiger partial charge in [-0.25, -0.2) is 0 Å². The van der Waals surface area contributed by atoms with Gasteiger partial charge in [-0.1, -0.05) is 0 Å². The van der Waals surface area contributed by atoms with E-state index in [1.165, 1.54) is 0 Å². The number of carbonyl (C=O) groups excluding carboxylic acids is 2. The van der Waals surface area contributed by atoms with Crippen molar-refractivity contribution in [3.63, 3.8) is 0 Å². The zero-order valence-electron chi connectivity index (χ0n) is 7.34. The number of aryl methyl sites for hydroxylation is 2. The van der Waals surface area contributed by atoms with E-state index in [4.69, 9.17) is 0 Å². The lowest BCUT2D eigenvalue weighted by Crippen LogP contribution is -2.20. The molecule has 1 aromatic rings. The zero-order valence-corrected chi connectivity index (χ0v) is 7.34. The van der Waals surface area contributed by atoms with Gasteiger partial charge in [0.25, 0.3) is 11.8 Å². The highest BCUT2D eigenvalue weighted by atomic mass is 16.2. The van der Waals surface area contributed by atoms with Crippen LogP contribution in [0.1, 0.15) is 32.0 Å². The third-order valence-corrected chi connectivity index (χ3v) is 2.14. The van der Waals surface area contributed by atoms with E-state index >= 15 is 0 Å². The Morgan fingerprint density at radius 1 is 1.15 bits per heavy atom. The summed E-state index contributed by atoms with van der Waals surface area (Å²) in [6, 6.07) is 0. The molecule has 1 aromatic heterocycles. The first-order chi connectivity index (χ1) is 6.11. The van der Waals surface area contributed by atoms with E-state index in [9.17, 15) is 9.59 Å². The molecule has 4 nitrogen and oxygen atoms in total. The highest BCUT2D eigenvalue weighted by Crippen LogP contribution is 2.20. The van der Waals surface area contributed by atoms with E-state index < -0.39 is 0 Å². The second-order valence-corrected chi connectivity index (χ2v) is 3.06. The SMILES string of the molecule is Cc1cnc(C)c2c1C(=O)NC2=O. The van der Waals surface area contributed by atoms with Crippen molar-refractivity contribution in [2.45, 2.75) is 13.8 Å². The number of carbonyl (C=O) groups is 2. The smallest absolute Gasteiger partial charge is 0.260 e. The fourth-order valence-electron chi connectivity index (χ4n) is 1.50. The molecule has 1 aliphatic rings. The van der Waals surface area contributed by atoms with Crippen LogP contribution in [-0.2, 0) is 0 Å². The number of imide groups is 1. The number of pyridine rings is 1. The van der Waals surface area contributed by atoms with Crippen LogP contribution in [0.4, 0.5) is 0 Å². The van der Waals surface area contributed by atoms with Crippen molar-refractivity contribution < 1.29 is 9.59 Å². The highest BCUT2D eigenvalue weighted by Gasteiger charge is 2.30. The maximum atomic E-state index is 11.3. The summed E-state index contributed by atoms with van der Waals surface area (Å²) in [5, 5.41) is 2.25. The van der Waals surface area contributed by atoms with Gasteiger partial charge in [-0.2, -0.15) is 0 Å². The van der Waals surface area contributed by atoms with Gasteiger partial charge in [0.05, 0.1) is 16.8 Å². The topological polar surface area (TPSA) is 59.1 Å². The number of nitrogens with one attached hydrogen (secondary N) is 1. The van der Waals surface area contributed by atoms with Crippen LogP contribution < -0.4 is 5.32 Å². The summed E-state index contributed by atoms with van der Waals surface area (Å²) in [4.78, 5) is 26.6. The minimum absolute atomic E-state index is 0.317. The van der Waals surface area contributed by atoms with Gasteiger partial charge < -0.3 is 0 Å². The number of rotatable bonds is 0. The molecule has 2 heterocycles. The van der Waals surface area contributed by atoms with E-state index in [1.807, 2.05) is 0 Å². The molecule has 66 valence electrons. The van der Waals surface area contributed by atoms with Crippen LogP contribution in [0.5, 0.6) is 0 Å². The molecule has 2 amide bonds. The van der Waals surface area contributed by atoms with Crippen LogP contribution in [-0.4, -0.2) is 16.8 Å². The maximum absolute atomic E-state index is 11.3. The normalized spacial score (nSPS) is 14.3. The van der Waals surface area contributed by atoms with Crippen LogP contribution >= 0.6 is 0 Å². The van der Waals surface area contributed by atoms with Gasteiger partial charge in [-0.15, -0.1) is 0 Å². The molecule has 2 rings (SSSR count). The molecule has 0 fully saturated rings. The first-order valence-electron chi connectivity index (χ1n) is 3.93. The van der Waals surface area contributed by atoms with Crippen molar-refractivity contribution in [3.8, 4) is 0 Å². The quantitative estimate of drug-likeness (QED) is 0.588. The minimum atomic E-state index is -0.339. The lowest BCUT2D eigenvalue weighted by atomic mass is 10.1. The summed E-state index contributed by atoms with van der Waals surface area (Å²) in [5.74, 6) is -0.656. The molecule has 1 aliphatic heterocycles. The zero-order chi connectivity index (χ0) is 9.59. The van der Waals surface area contributed by atoms with Crippen LogP contribution in [0.3, 0.4) is 0 Å². The van der Waals surface area contributed by atoms with Crippen LogP contribution in [0.15, 0.2) is 6.20 Å². The van der Waals surface area contributed by atoms with E-state index in [2.05, 4.69) is 10.3 Å². The highest BCUT2D eigenvalue weighted by molar-refractivity contribution is 6.22. The van der Waals surface area contributed by atoms with Gasteiger partial charge in [0.15, 0.2) is 0 Å². The van der Waals surface area contributed by atoms with E-state index in [0.717, 1.165) is 5.56 Å². The number of amides is 2. The predicted octanol–water partition coefficient (Wildman–Crippen LogP) is 0.582. The summed E-state index contributed by atoms with van der Waals surface area (Å²) in [7, 11) is 0. The fraction of sp³-hybridized carbons (Fsp3) is 0.222. The number of hydrogen-bond donors (Lipinski definition) is 1. The molecule has 0 aliphatic carbocycles. The molecule has 0 radical (unpaired) electrons. The Morgan fingerprint density at radius 2 is 1.77 bits per heavy atom. The summed E-state index contributed by atoms with van der Waals surface area (Å²) in [6.45, 7) is 3.49. The van der Waals surface area contributed by atoms with E-state index in [-0.39, 0.29) is 11.8 Å². The maximum Gasteiger partial charge on any atom is 0.260 e. The van der Waals surface area contributed by atoms with Crippen LogP contribution in [0.25, 0.3) is 0 Å². The molecule has 0 saturated carbocycles. The standard InChI is InChI=1S/C9H8N2O2/c1-4-3-10-5(2)7-6(4)8(12)11-9(7)13/h3H,1-2H3,(H,11,12,13). The molecule has 0 unspecified atom stereocenters. The second kappa shape index (κ2) is 2.39. The largest absolute Gasteiger partial charge is 0.288 e. The molecular weight excluding hydrogens is 168 g/mol. The van der Waals surface area contributed by atoms with Gasteiger partial charge in [0.1, 0.15) is 0 Å². The summed E-state index contributed by atoms with van der Waals surface area (Å²) < 4.78 is 0. The predicted molar refractivity (Wildman–Crippen MR) is 45.5 cm³/mol. The number of fused-ring (bicyclic) bond motifs is 1. The van der Waals surface area contributed by atoms with Crippen LogP contribution in [0, 0.1) is 13.8 Å². The summed E-state index contributed by atoms with van der Waals surface area (Å²) in [6.07, 6.45) is 1.60. The van der Waals surface area contributed by atoms with Crippen molar-refractivity contribution >= 4 is 11.8 Å². The molecule has 0 atom stereocenters. The number of aromatic nitrogens is 1. The van der Waals surface area contributed by atoms with E-state index in [1.54, 1.807) is 20.0 Å². The average Bonchev–Trinajstić information content (AvgIpc) is 2.36. The monoisotopic (exact) mass is 176 g/mol. The van der Waals surface area contributed by atoms with Gasteiger partial charge in [0.2, 0.25) is 0 Å². The fourth-order valence-corrected chi connectivity index (χ4v) is 1.50. The molecular formula is C9H8N2O2. The second-order valence-electron chi connectivity index (χ2n) is 3.06. The molecule has 0 bridgehead atoms. The van der Waals surface area contributed by atoms with Crippen molar-refractivity contribution in [1.82, 2.24) is 10.3 Å². The molecule has 0 saturated heterocycles. The Labute approximate surface area is 75.0 Å². The Hall–Kier alpha value is -1.71. The Morgan fingerprint density at radius 3 is 2.38 bits per heavy atom. The van der Waals surface area contributed by atoms with Crippen molar-refractivity contribution in [2.24, 2.45) is 0 Å². The third-order valence-electron chi connectivity index (χ3n) is 2.14. The van der Waals surface area contributed by atoms with Crippen molar-refractivity contribution in [1.29, 1.82) is 0 Å². The third kappa shape index (κ3) is 0.950. The van der Waals surface area contributed by atoms with Gasteiger partial charge in [-0.3, -0.25) is 19.9 Å². The molecule has 13 heavy (non-hydrogen) atoms. The minimum Gasteiger partial charge on any atom is -0.288 e. The Bertz CT molecular complexity index is 385. The molecule has 4 heteroatoms. The Balaban J connectivity index is 2.81. The van der Waals surface area contributed by atoms with E-state index in [0.29, 0.717) is 16.8 Å².